The molecule has 0 aliphatic carbocycles. The molecule has 0 radical (unpaired) electrons. The first-order valence-corrected chi connectivity index (χ1v) is 9.33. The van der Waals surface area contributed by atoms with E-state index in [9.17, 15) is 0 Å². The summed E-state index contributed by atoms with van der Waals surface area (Å²) >= 11 is 0. The Morgan fingerprint density at radius 1 is 1.16 bits per heavy atom. The lowest BCUT2D eigenvalue weighted by atomic mass is 10.0. The van der Waals surface area contributed by atoms with Gasteiger partial charge < -0.3 is 15.2 Å². The number of hydrogen-bond donors (Lipinski definition) is 2. The fourth-order valence-corrected chi connectivity index (χ4v) is 2.41. The van der Waals surface area contributed by atoms with Crippen LogP contribution in [0, 0.1) is 12.8 Å². The molecule has 0 aliphatic rings. The molecule has 1 aromatic rings. The predicted molar refractivity (Wildman–Crippen MR) is 116 cm³/mol. The number of guanidine groups is 1. The summed E-state index contributed by atoms with van der Waals surface area (Å²) < 4.78 is 1.99. The van der Waals surface area contributed by atoms with Gasteiger partial charge in [0.2, 0.25) is 0 Å². The van der Waals surface area contributed by atoms with Crippen molar-refractivity contribution in [2.24, 2.45) is 18.0 Å². The number of aryl methyl sites for hydroxylation is 1. The van der Waals surface area contributed by atoms with Crippen LogP contribution in [0.15, 0.2) is 4.99 Å². The Bertz CT molecular complexity index is 498. The topological polar surface area (TPSA) is 67.1 Å². The lowest BCUT2D eigenvalue weighted by Gasteiger charge is -2.18. The standard InChI is InChI=1S/C18H36N6.HI/c1-7-8-12-19-18(21-15(4)11-9-10-14(2)3)20-13-17-23-22-16(5)24(17)6;/h14-15H,7-13H2,1-6H3,(H2,19,20,21);1H. The number of aromatic nitrogens is 3. The molecule has 0 saturated heterocycles. The van der Waals surface area contributed by atoms with E-state index in [4.69, 9.17) is 4.99 Å². The Morgan fingerprint density at radius 2 is 1.88 bits per heavy atom. The smallest absolute Gasteiger partial charge is 0.191 e. The normalized spacial score (nSPS) is 12.8. The maximum absolute atomic E-state index is 4.69. The van der Waals surface area contributed by atoms with Crippen molar-refractivity contribution in [3.05, 3.63) is 11.6 Å². The number of halogens is 1. The molecule has 7 heteroatoms. The zero-order valence-electron chi connectivity index (χ0n) is 16.8. The minimum absolute atomic E-state index is 0. The van der Waals surface area contributed by atoms with E-state index >= 15 is 0 Å². The quantitative estimate of drug-likeness (QED) is 0.239. The summed E-state index contributed by atoms with van der Waals surface area (Å²) in [6.45, 7) is 12.4. The van der Waals surface area contributed by atoms with Crippen LogP contribution in [0.1, 0.15) is 71.4 Å². The summed E-state index contributed by atoms with van der Waals surface area (Å²) in [5, 5.41) is 15.2. The fraction of sp³-hybridized carbons (Fsp3) is 0.833. The number of rotatable bonds is 10. The second-order valence-corrected chi connectivity index (χ2v) is 7.04. The van der Waals surface area contributed by atoms with Crippen molar-refractivity contribution in [2.45, 2.75) is 79.3 Å². The maximum Gasteiger partial charge on any atom is 0.191 e. The third-order valence-corrected chi connectivity index (χ3v) is 4.19. The van der Waals surface area contributed by atoms with Crippen molar-refractivity contribution < 1.29 is 0 Å². The lowest BCUT2D eigenvalue weighted by molar-refractivity contribution is 0.490. The highest BCUT2D eigenvalue weighted by Gasteiger charge is 2.08. The van der Waals surface area contributed by atoms with Crippen molar-refractivity contribution in [3.8, 4) is 0 Å². The van der Waals surface area contributed by atoms with Gasteiger partial charge in [-0.15, -0.1) is 34.2 Å². The van der Waals surface area contributed by atoms with Gasteiger partial charge in [0.25, 0.3) is 0 Å². The zero-order valence-corrected chi connectivity index (χ0v) is 19.1. The summed E-state index contributed by atoms with van der Waals surface area (Å²) in [6.07, 6.45) is 6.00. The van der Waals surface area contributed by atoms with Gasteiger partial charge in [-0.1, -0.05) is 40.0 Å². The van der Waals surface area contributed by atoms with Gasteiger partial charge in [-0.2, -0.15) is 0 Å². The molecule has 0 spiro atoms. The Hall–Kier alpha value is -0.860. The SMILES string of the molecule is CCCCNC(=NCc1nnc(C)n1C)NC(C)CCCC(C)C.I. The molecule has 1 heterocycles. The van der Waals surface area contributed by atoms with Crippen LogP contribution in [0.4, 0.5) is 0 Å². The van der Waals surface area contributed by atoms with Crippen LogP contribution < -0.4 is 10.6 Å². The van der Waals surface area contributed by atoms with E-state index in [1.54, 1.807) is 0 Å². The summed E-state index contributed by atoms with van der Waals surface area (Å²) in [5.41, 5.74) is 0. The average molecular weight is 464 g/mol. The molecule has 1 rings (SSSR count). The first kappa shape index (κ1) is 24.1. The molecule has 0 aromatic carbocycles. The first-order valence-electron chi connectivity index (χ1n) is 9.33. The molecule has 1 atom stereocenters. The van der Waals surface area contributed by atoms with Gasteiger partial charge in [0.05, 0.1) is 0 Å². The zero-order chi connectivity index (χ0) is 17.9. The fourth-order valence-electron chi connectivity index (χ4n) is 2.41. The minimum Gasteiger partial charge on any atom is -0.356 e. The molecule has 6 nitrogen and oxygen atoms in total. The lowest BCUT2D eigenvalue weighted by Crippen LogP contribution is -2.42. The number of unbranched alkanes of at least 4 members (excludes halogenated alkanes) is 1. The van der Waals surface area contributed by atoms with E-state index < -0.39 is 0 Å². The van der Waals surface area contributed by atoms with Gasteiger partial charge in [0.15, 0.2) is 11.8 Å². The summed E-state index contributed by atoms with van der Waals surface area (Å²) in [5.74, 6) is 3.44. The van der Waals surface area contributed by atoms with Gasteiger partial charge in [-0.05, 0) is 32.6 Å². The Balaban J connectivity index is 0.00000576. The van der Waals surface area contributed by atoms with Crippen molar-refractivity contribution in [1.29, 1.82) is 0 Å². The van der Waals surface area contributed by atoms with Gasteiger partial charge >= 0.3 is 0 Å². The van der Waals surface area contributed by atoms with Gasteiger partial charge in [-0.25, -0.2) is 4.99 Å². The van der Waals surface area contributed by atoms with Crippen molar-refractivity contribution in [3.63, 3.8) is 0 Å². The molecule has 2 N–H and O–H groups in total. The molecule has 0 saturated carbocycles. The Morgan fingerprint density at radius 3 is 2.44 bits per heavy atom. The van der Waals surface area contributed by atoms with E-state index in [2.05, 4.69) is 48.5 Å². The molecule has 0 bridgehead atoms. The number of hydrogen-bond acceptors (Lipinski definition) is 3. The Kier molecular flexibility index (Phi) is 12.9. The van der Waals surface area contributed by atoms with E-state index in [0.29, 0.717) is 12.6 Å². The third-order valence-electron chi connectivity index (χ3n) is 4.19. The summed E-state index contributed by atoms with van der Waals surface area (Å²) in [7, 11) is 1.98. The van der Waals surface area contributed by atoms with Crippen LogP contribution in [-0.2, 0) is 13.6 Å². The van der Waals surface area contributed by atoms with Crippen molar-refractivity contribution in [1.82, 2.24) is 25.4 Å². The summed E-state index contributed by atoms with van der Waals surface area (Å²) in [4.78, 5) is 4.69. The van der Waals surface area contributed by atoms with Crippen LogP contribution in [0.5, 0.6) is 0 Å². The van der Waals surface area contributed by atoms with Gasteiger partial charge in [0.1, 0.15) is 12.4 Å². The average Bonchev–Trinajstić information content (AvgIpc) is 2.84. The highest BCUT2D eigenvalue weighted by molar-refractivity contribution is 14.0. The molecular weight excluding hydrogens is 427 g/mol. The second-order valence-electron chi connectivity index (χ2n) is 7.04. The van der Waals surface area contributed by atoms with Crippen LogP contribution in [0.2, 0.25) is 0 Å². The first-order chi connectivity index (χ1) is 11.4. The minimum atomic E-state index is 0. The molecule has 146 valence electrons. The molecule has 0 fully saturated rings. The van der Waals surface area contributed by atoms with Crippen LogP contribution in [0.25, 0.3) is 0 Å². The Labute approximate surface area is 170 Å². The second kappa shape index (κ2) is 13.4. The van der Waals surface area contributed by atoms with E-state index in [1.807, 2.05) is 18.5 Å². The molecular formula is C18H37IN6. The van der Waals surface area contributed by atoms with Crippen molar-refractivity contribution in [2.75, 3.05) is 6.54 Å². The van der Waals surface area contributed by atoms with Crippen LogP contribution in [-0.4, -0.2) is 33.3 Å². The monoisotopic (exact) mass is 464 g/mol. The number of nitrogens with one attached hydrogen (secondary N) is 2. The molecule has 0 amide bonds. The predicted octanol–water partition coefficient (Wildman–Crippen LogP) is 3.79. The third kappa shape index (κ3) is 10.0. The molecule has 25 heavy (non-hydrogen) atoms. The highest BCUT2D eigenvalue weighted by atomic mass is 127. The number of aliphatic imine (C=N–C) groups is 1. The number of nitrogens with zero attached hydrogens (tertiary/aromatic N) is 4. The van der Waals surface area contributed by atoms with Crippen LogP contribution in [0.3, 0.4) is 0 Å². The van der Waals surface area contributed by atoms with E-state index in [-0.39, 0.29) is 24.0 Å². The highest BCUT2D eigenvalue weighted by Crippen LogP contribution is 2.08. The molecule has 1 unspecified atom stereocenters. The van der Waals surface area contributed by atoms with Crippen LogP contribution >= 0.6 is 24.0 Å². The van der Waals surface area contributed by atoms with E-state index in [0.717, 1.165) is 42.9 Å². The molecule has 1 aromatic heterocycles. The van der Waals surface area contributed by atoms with Gasteiger partial charge in [0, 0.05) is 19.6 Å². The molecule has 0 aliphatic heterocycles. The van der Waals surface area contributed by atoms with Crippen molar-refractivity contribution >= 4 is 29.9 Å². The van der Waals surface area contributed by atoms with E-state index in [1.165, 1.54) is 19.3 Å². The van der Waals surface area contributed by atoms with Gasteiger partial charge in [-0.3, -0.25) is 0 Å². The maximum atomic E-state index is 4.69. The largest absolute Gasteiger partial charge is 0.356 e. The summed E-state index contributed by atoms with van der Waals surface area (Å²) in [6, 6.07) is 0.415.